The fourth-order valence-electron chi connectivity index (χ4n) is 2.05. The summed E-state index contributed by atoms with van der Waals surface area (Å²) in [5, 5.41) is 3.23. The van der Waals surface area contributed by atoms with Gasteiger partial charge in [-0.05, 0) is 31.8 Å². The minimum Gasteiger partial charge on any atom is -0.464 e. The molecule has 1 fully saturated rings. The molecule has 1 atom stereocenters. The molecule has 0 radical (unpaired) electrons. The van der Waals surface area contributed by atoms with Crippen LogP contribution in [0.3, 0.4) is 0 Å². The number of hydrogen-bond donors (Lipinski definition) is 2. The Bertz CT molecular complexity index is 570. The lowest BCUT2D eigenvalue weighted by atomic mass is 10.0. The highest BCUT2D eigenvalue weighted by molar-refractivity contribution is 7.91. The van der Waals surface area contributed by atoms with Crippen LogP contribution in [-0.4, -0.2) is 46.1 Å². The molecule has 0 aliphatic carbocycles. The monoisotopic (exact) mass is 355 g/mol. The molecule has 10 heteroatoms. The summed E-state index contributed by atoms with van der Waals surface area (Å²) in [5.41, 5.74) is 1.16. The average molecular weight is 356 g/mol. The zero-order chi connectivity index (χ0) is 14.6. The molecule has 0 aromatic carbocycles. The van der Waals surface area contributed by atoms with Gasteiger partial charge in [0.05, 0.1) is 12.6 Å². The van der Waals surface area contributed by atoms with Crippen LogP contribution in [0.15, 0.2) is 9.72 Å². The third-order valence-electron chi connectivity index (χ3n) is 3.12. The molecule has 0 bridgehead atoms. The molecule has 0 spiro atoms. The van der Waals surface area contributed by atoms with Gasteiger partial charge in [-0.3, -0.25) is 0 Å². The smallest absolute Gasteiger partial charge is 0.358 e. The van der Waals surface area contributed by atoms with Gasteiger partial charge in [-0.1, -0.05) is 0 Å². The van der Waals surface area contributed by atoms with E-state index in [9.17, 15) is 13.2 Å². The van der Waals surface area contributed by atoms with Gasteiger partial charge in [0.1, 0.15) is 0 Å². The molecule has 1 unspecified atom stereocenters. The molecular formula is C11H18ClN3O4S2. The maximum Gasteiger partial charge on any atom is 0.358 e. The largest absolute Gasteiger partial charge is 0.464 e. The average Bonchev–Trinajstić information content (AvgIpc) is 2.96. The Morgan fingerprint density at radius 2 is 2.38 bits per heavy atom. The number of carbonyl (C=O) groups excluding carboxylic acids is 1. The molecule has 2 heterocycles. The van der Waals surface area contributed by atoms with Crippen molar-refractivity contribution in [3.05, 3.63) is 11.2 Å². The summed E-state index contributed by atoms with van der Waals surface area (Å²) in [6.45, 7) is 2.13. The number of sulfonamides is 1. The molecule has 21 heavy (non-hydrogen) atoms. The third-order valence-corrected chi connectivity index (χ3v) is 5.91. The molecule has 2 rings (SSSR count). The van der Waals surface area contributed by atoms with Gasteiger partial charge in [0.25, 0.3) is 10.0 Å². The van der Waals surface area contributed by atoms with Crippen molar-refractivity contribution in [1.82, 2.24) is 15.0 Å². The fraction of sp³-hybridized carbons (Fsp3) is 0.636. The number of aromatic nitrogens is 1. The van der Waals surface area contributed by atoms with Gasteiger partial charge < -0.3 is 10.1 Å². The Hall–Kier alpha value is -0.740. The molecule has 7 nitrogen and oxygen atoms in total. The van der Waals surface area contributed by atoms with Crippen LogP contribution in [0.5, 0.6) is 0 Å². The normalized spacial score (nSPS) is 18.8. The maximum absolute atomic E-state index is 12.2. The van der Waals surface area contributed by atoms with E-state index in [0.29, 0.717) is 6.54 Å². The van der Waals surface area contributed by atoms with E-state index < -0.39 is 16.0 Å². The number of thiazole rings is 1. The fourth-order valence-corrected chi connectivity index (χ4v) is 4.34. The standard InChI is InChI=1S/C11H17N3O4S2.ClH/c1-18-10(15)9-11(19-7-13-9)20(16,17)14-6-8-3-2-4-12-5-8;/h7-8,12,14H,2-6H2,1H3;1H. The van der Waals surface area contributed by atoms with Gasteiger partial charge in [-0.2, -0.15) is 0 Å². The topological polar surface area (TPSA) is 97.4 Å². The molecule has 120 valence electrons. The second-order valence-electron chi connectivity index (χ2n) is 4.54. The van der Waals surface area contributed by atoms with E-state index in [1.54, 1.807) is 0 Å². The first-order chi connectivity index (χ1) is 9.54. The second-order valence-corrected chi connectivity index (χ2v) is 7.36. The van der Waals surface area contributed by atoms with Crippen LogP contribution in [0.1, 0.15) is 23.3 Å². The third kappa shape index (κ3) is 4.62. The second kappa shape index (κ2) is 8.04. The Morgan fingerprint density at radius 3 is 3.00 bits per heavy atom. The predicted octanol–water partition coefficient (Wildman–Crippen LogP) is 0.629. The lowest BCUT2D eigenvalue weighted by Gasteiger charge is -2.22. The number of nitrogens with zero attached hydrogens (tertiary/aromatic N) is 1. The van der Waals surface area contributed by atoms with Crippen LogP contribution < -0.4 is 10.0 Å². The van der Waals surface area contributed by atoms with Crippen LogP contribution in [0.2, 0.25) is 0 Å². The van der Waals surface area contributed by atoms with Crippen molar-refractivity contribution in [3.63, 3.8) is 0 Å². The van der Waals surface area contributed by atoms with E-state index in [1.807, 2.05) is 0 Å². The zero-order valence-electron chi connectivity index (χ0n) is 11.5. The first-order valence-corrected chi connectivity index (χ1v) is 8.63. The van der Waals surface area contributed by atoms with Crippen molar-refractivity contribution in [1.29, 1.82) is 0 Å². The molecule has 2 N–H and O–H groups in total. The number of ether oxygens (including phenoxy) is 1. The quantitative estimate of drug-likeness (QED) is 0.752. The van der Waals surface area contributed by atoms with Crippen molar-refractivity contribution in [3.8, 4) is 0 Å². The zero-order valence-corrected chi connectivity index (χ0v) is 13.9. The van der Waals surface area contributed by atoms with Crippen molar-refractivity contribution < 1.29 is 17.9 Å². The van der Waals surface area contributed by atoms with Gasteiger partial charge in [-0.15, -0.1) is 23.7 Å². The van der Waals surface area contributed by atoms with Gasteiger partial charge in [0, 0.05) is 6.54 Å². The number of nitrogens with one attached hydrogen (secondary N) is 2. The van der Waals surface area contributed by atoms with Crippen molar-refractivity contribution in [2.45, 2.75) is 17.1 Å². The molecular weight excluding hydrogens is 338 g/mol. The maximum atomic E-state index is 12.2. The highest BCUT2D eigenvalue weighted by Crippen LogP contribution is 2.21. The number of hydrogen-bond acceptors (Lipinski definition) is 7. The van der Waals surface area contributed by atoms with Crippen LogP contribution in [0.25, 0.3) is 0 Å². The number of carbonyl (C=O) groups is 1. The summed E-state index contributed by atoms with van der Waals surface area (Å²) in [7, 11) is -2.53. The van der Waals surface area contributed by atoms with Gasteiger partial charge in [0.15, 0.2) is 9.90 Å². The SMILES string of the molecule is COC(=O)c1ncsc1S(=O)(=O)NCC1CCCNC1.Cl. The number of rotatable bonds is 5. The van der Waals surface area contributed by atoms with Crippen molar-refractivity contribution in [2.75, 3.05) is 26.7 Å². The first kappa shape index (κ1) is 18.3. The molecule has 0 saturated carbocycles. The summed E-state index contributed by atoms with van der Waals surface area (Å²) in [6, 6.07) is 0. The summed E-state index contributed by atoms with van der Waals surface area (Å²) in [6.07, 6.45) is 2.03. The number of esters is 1. The van der Waals surface area contributed by atoms with Crippen molar-refractivity contribution >= 4 is 39.7 Å². The van der Waals surface area contributed by atoms with E-state index in [0.717, 1.165) is 37.3 Å². The Kier molecular flexibility index (Phi) is 7.01. The molecule has 1 aliphatic rings. The van der Waals surface area contributed by atoms with Gasteiger partial charge in [0.2, 0.25) is 0 Å². The predicted molar refractivity (Wildman–Crippen MR) is 81.5 cm³/mol. The van der Waals surface area contributed by atoms with E-state index in [4.69, 9.17) is 0 Å². The highest BCUT2D eigenvalue weighted by Gasteiger charge is 2.27. The lowest BCUT2D eigenvalue weighted by molar-refractivity contribution is 0.0590. The van der Waals surface area contributed by atoms with Gasteiger partial charge >= 0.3 is 5.97 Å². The molecule has 0 amide bonds. The van der Waals surface area contributed by atoms with Crippen LogP contribution in [0.4, 0.5) is 0 Å². The Labute approximate surface area is 133 Å². The minimum absolute atomic E-state index is 0. The number of halogens is 1. The van der Waals surface area contributed by atoms with Crippen LogP contribution >= 0.6 is 23.7 Å². The summed E-state index contributed by atoms with van der Waals surface area (Å²) < 4.78 is 31.4. The van der Waals surface area contributed by atoms with E-state index >= 15 is 0 Å². The molecule has 1 saturated heterocycles. The van der Waals surface area contributed by atoms with Crippen LogP contribution in [0, 0.1) is 5.92 Å². The molecule has 1 aromatic heterocycles. The van der Waals surface area contributed by atoms with Crippen molar-refractivity contribution in [2.24, 2.45) is 5.92 Å². The molecule has 1 aromatic rings. The van der Waals surface area contributed by atoms with Crippen LogP contribution in [-0.2, 0) is 14.8 Å². The Balaban J connectivity index is 0.00000220. The molecule has 1 aliphatic heterocycles. The lowest BCUT2D eigenvalue weighted by Crippen LogP contribution is -2.38. The summed E-state index contributed by atoms with van der Waals surface area (Å²) >= 11 is 0.909. The number of methoxy groups -OCH3 is 1. The van der Waals surface area contributed by atoms with Gasteiger partial charge in [-0.25, -0.2) is 22.9 Å². The summed E-state index contributed by atoms with van der Waals surface area (Å²) in [5.74, 6) is -0.473. The van der Waals surface area contributed by atoms with E-state index in [-0.39, 0.29) is 28.2 Å². The Morgan fingerprint density at radius 1 is 1.62 bits per heavy atom. The first-order valence-electron chi connectivity index (χ1n) is 6.27. The summed E-state index contributed by atoms with van der Waals surface area (Å²) in [4.78, 5) is 15.2. The number of piperidine rings is 1. The van der Waals surface area contributed by atoms with E-state index in [1.165, 1.54) is 12.6 Å². The van der Waals surface area contributed by atoms with E-state index in [2.05, 4.69) is 19.8 Å². The highest BCUT2D eigenvalue weighted by atomic mass is 35.5. The minimum atomic E-state index is -3.72.